The molecule has 0 amide bonds. The van der Waals surface area contributed by atoms with Crippen LogP contribution in [0.3, 0.4) is 0 Å². The molecule has 0 bridgehead atoms. The lowest BCUT2D eigenvalue weighted by atomic mass is 9.96. The van der Waals surface area contributed by atoms with Crippen LogP contribution in [0.5, 0.6) is 5.75 Å². The van der Waals surface area contributed by atoms with Gasteiger partial charge in [0, 0.05) is 12.0 Å². The Morgan fingerprint density at radius 1 is 0.743 bits per heavy atom. The summed E-state index contributed by atoms with van der Waals surface area (Å²) < 4.78 is 5.91. The fourth-order valence-electron chi connectivity index (χ4n) is 4.44. The van der Waals surface area contributed by atoms with E-state index in [4.69, 9.17) is 4.74 Å². The molecular formula is C32H27O2P. The highest BCUT2D eigenvalue weighted by Gasteiger charge is 2.23. The van der Waals surface area contributed by atoms with E-state index in [1.165, 1.54) is 21.5 Å². The lowest BCUT2D eigenvalue weighted by Gasteiger charge is -2.24. The summed E-state index contributed by atoms with van der Waals surface area (Å²) in [6.07, 6.45) is 0.327. The van der Waals surface area contributed by atoms with Crippen molar-refractivity contribution in [1.29, 1.82) is 0 Å². The molecule has 5 aromatic carbocycles. The number of carbonyl (C=O) groups is 1. The lowest BCUT2D eigenvalue weighted by Crippen LogP contribution is -2.22. The largest absolute Gasteiger partial charge is 0.426 e. The van der Waals surface area contributed by atoms with Gasteiger partial charge in [-0.05, 0) is 53.2 Å². The van der Waals surface area contributed by atoms with Gasteiger partial charge in [-0.3, -0.25) is 4.79 Å². The van der Waals surface area contributed by atoms with Crippen LogP contribution in [0.2, 0.25) is 0 Å². The third kappa shape index (κ3) is 4.76. The minimum Gasteiger partial charge on any atom is -0.426 e. The number of aryl methyl sites for hydroxylation is 1. The summed E-state index contributed by atoms with van der Waals surface area (Å²) in [6.45, 7) is 3.94. The van der Waals surface area contributed by atoms with Crippen molar-refractivity contribution in [3.05, 3.63) is 121 Å². The first-order valence-electron chi connectivity index (χ1n) is 11.9. The summed E-state index contributed by atoms with van der Waals surface area (Å²) in [5, 5.41) is 6.01. The smallest absolute Gasteiger partial charge is 0.310 e. The number of ether oxygens (including phenoxy) is 1. The summed E-state index contributed by atoms with van der Waals surface area (Å²) >= 11 is 0. The molecule has 0 aliphatic carbocycles. The van der Waals surface area contributed by atoms with Gasteiger partial charge in [0.2, 0.25) is 0 Å². The predicted octanol–water partition coefficient (Wildman–Crippen LogP) is 6.89. The van der Waals surface area contributed by atoms with Gasteiger partial charge in [0.1, 0.15) is 5.75 Å². The van der Waals surface area contributed by atoms with Gasteiger partial charge in [-0.15, -0.1) is 0 Å². The number of rotatable bonds is 6. The Kier molecular flexibility index (Phi) is 6.75. The van der Waals surface area contributed by atoms with E-state index in [2.05, 4.69) is 97.9 Å². The lowest BCUT2D eigenvalue weighted by molar-refractivity contribution is -0.133. The summed E-state index contributed by atoms with van der Waals surface area (Å²) in [5.74, 6) is 0.377. The number of benzene rings is 5. The van der Waals surface area contributed by atoms with Crippen LogP contribution in [0.4, 0.5) is 0 Å². The Balaban J connectivity index is 1.83. The van der Waals surface area contributed by atoms with Gasteiger partial charge < -0.3 is 4.74 Å². The molecule has 0 unspecified atom stereocenters. The first kappa shape index (κ1) is 23.0. The van der Waals surface area contributed by atoms with Crippen molar-refractivity contribution in [2.45, 2.75) is 20.3 Å². The molecule has 5 rings (SSSR count). The second-order valence-electron chi connectivity index (χ2n) is 8.51. The van der Waals surface area contributed by atoms with Crippen molar-refractivity contribution in [3.8, 4) is 16.9 Å². The van der Waals surface area contributed by atoms with E-state index in [1.807, 2.05) is 31.2 Å². The van der Waals surface area contributed by atoms with Crippen LogP contribution >= 0.6 is 7.92 Å². The zero-order valence-corrected chi connectivity index (χ0v) is 20.8. The van der Waals surface area contributed by atoms with E-state index in [-0.39, 0.29) is 5.97 Å². The molecule has 3 heteroatoms. The van der Waals surface area contributed by atoms with Crippen molar-refractivity contribution < 1.29 is 9.53 Å². The van der Waals surface area contributed by atoms with Crippen LogP contribution in [0.1, 0.15) is 18.9 Å². The Morgan fingerprint density at radius 3 is 2.03 bits per heavy atom. The Labute approximate surface area is 208 Å². The molecule has 172 valence electrons. The maximum Gasteiger partial charge on any atom is 0.310 e. The average Bonchev–Trinajstić information content (AvgIpc) is 2.91. The quantitative estimate of drug-likeness (QED) is 0.152. The molecule has 0 aromatic heterocycles. The molecule has 35 heavy (non-hydrogen) atoms. The maximum absolute atomic E-state index is 12.4. The minimum atomic E-state index is -0.835. The first-order chi connectivity index (χ1) is 17.2. The molecular weight excluding hydrogens is 447 g/mol. The zero-order chi connectivity index (χ0) is 24.2. The number of fused-ring (bicyclic) bond motifs is 1. The Bertz CT molecular complexity index is 1440. The first-order valence-corrected chi connectivity index (χ1v) is 13.2. The summed E-state index contributed by atoms with van der Waals surface area (Å²) in [7, 11) is -0.835. The van der Waals surface area contributed by atoms with Gasteiger partial charge in [0.15, 0.2) is 0 Å². The van der Waals surface area contributed by atoms with Crippen molar-refractivity contribution in [2.24, 2.45) is 0 Å². The van der Waals surface area contributed by atoms with Gasteiger partial charge in [-0.2, -0.15) is 0 Å². The van der Waals surface area contributed by atoms with Gasteiger partial charge in [-0.25, -0.2) is 0 Å². The van der Waals surface area contributed by atoms with Crippen molar-refractivity contribution in [2.75, 3.05) is 0 Å². The van der Waals surface area contributed by atoms with Gasteiger partial charge >= 0.3 is 5.97 Å². The van der Waals surface area contributed by atoms with Crippen LogP contribution < -0.4 is 20.7 Å². The molecule has 0 heterocycles. The van der Waals surface area contributed by atoms with E-state index < -0.39 is 7.92 Å². The van der Waals surface area contributed by atoms with Crippen LogP contribution in [0.25, 0.3) is 21.9 Å². The fraction of sp³-hybridized carbons (Fsp3) is 0.0938. The van der Waals surface area contributed by atoms with E-state index >= 15 is 0 Å². The molecule has 0 aliphatic heterocycles. The van der Waals surface area contributed by atoms with Crippen LogP contribution in [-0.4, -0.2) is 5.97 Å². The molecule has 0 radical (unpaired) electrons. The third-order valence-corrected chi connectivity index (χ3v) is 8.60. The van der Waals surface area contributed by atoms with E-state index in [9.17, 15) is 4.79 Å². The molecule has 0 atom stereocenters. The van der Waals surface area contributed by atoms with Crippen LogP contribution in [0.15, 0.2) is 115 Å². The normalized spacial score (nSPS) is 11.1. The van der Waals surface area contributed by atoms with Crippen LogP contribution in [0, 0.1) is 6.92 Å². The van der Waals surface area contributed by atoms with Crippen molar-refractivity contribution in [3.63, 3.8) is 0 Å². The molecule has 0 saturated heterocycles. The topological polar surface area (TPSA) is 26.3 Å². The summed E-state index contributed by atoms with van der Waals surface area (Å²) in [5.41, 5.74) is 3.25. The zero-order valence-electron chi connectivity index (χ0n) is 19.9. The standard InChI is InChI=1S/C32H27O2P/c1-3-31(33)34-29-20-19-24-12-10-11-17-27(24)32(29)28-22-23(2)18-21-30(28)35(25-13-6-4-7-14-25)26-15-8-5-9-16-26/h4-22H,3H2,1-2H3. The minimum absolute atomic E-state index is 0.232. The van der Waals surface area contributed by atoms with E-state index in [1.54, 1.807) is 0 Å². The fourth-order valence-corrected chi connectivity index (χ4v) is 6.87. The van der Waals surface area contributed by atoms with Crippen LogP contribution in [-0.2, 0) is 4.79 Å². The number of carbonyl (C=O) groups excluding carboxylic acids is 1. The average molecular weight is 475 g/mol. The van der Waals surface area contributed by atoms with Crippen molar-refractivity contribution in [1.82, 2.24) is 0 Å². The van der Waals surface area contributed by atoms with Gasteiger partial charge in [0.25, 0.3) is 0 Å². The summed E-state index contributed by atoms with van der Waals surface area (Å²) in [6, 6.07) is 40.3. The molecule has 0 spiro atoms. The van der Waals surface area contributed by atoms with E-state index in [0.717, 1.165) is 21.9 Å². The Morgan fingerprint density at radius 2 is 1.37 bits per heavy atom. The maximum atomic E-state index is 12.4. The molecule has 0 fully saturated rings. The molecule has 0 N–H and O–H groups in total. The number of hydrogen-bond donors (Lipinski definition) is 0. The second kappa shape index (κ2) is 10.3. The summed E-state index contributed by atoms with van der Waals surface area (Å²) in [4.78, 5) is 12.4. The predicted molar refractivity (Wildman–Crippen MR) is 149 cm³/mol. The third-order valence-electron chi connectivity index (χ3n) is 6.09. The highest BCUT2D eigenvalue weighted by molar-refractivity contribution is 7.80. The van der Waals surface area contributed by atoms with E-state index in [0.29, 0.717) is 12.2 Å². The van der Waals surface area contributed by atoms with Gasteiger partial charge in [-0.1, -0.05) is 122 Å². The molecule has 0 aliphatic rings. The van der Waals surface area contributed by atoms with Crippen molar-refractivity contribution >= 4 is 40.6 Å². The number of esters is 1. The molecule has 5 aromatic rings. The molecule has 2 nitrogen and oxygen atoms in total. The Hall–Kier alpha value is -3.74. The number of hydrogen-bond acceptors (Lipinski definition) is 2. The SMILES string of the molecule is CCC(=O)Oc1ccc2ccccc2c1-c1cc(C)ccc1P(c1ccccc1)c1ccccc1. The highest BCUT2D eigenvalue weighted by atomic mass is 31.1. The molecule has 0 saturated carbocycles. The van der Waals surface area contributed by atoms with Gasteiger partial charge in [0.05, 0.1) is 0 Å². The monoisotopic (exact) mass is 474 g/mol. The highest BCUT2D eigenvalue weighted by Crippen LogP contribution is 2.43. The second-order valence-corrected chi connectivity index (χ2v) is 10.7.